The van der Waals surface area contributed by atoms with E-state index in [-0.39, 0.29) is 0 Å². The van der Waals surface area contributed by atoms with Crippen molar-refractivity contribution in [3.63, 3.8) is 0 Å². The van der Waals surface area contributed by atoms with Gasteiger partial charge in [0.05, 0.1) is 10.7 Å². The average Bonchev–Trinajstić information content (AvgIpc) is 2.61. The van der Waals surface area contributed by atoms with Crippen LogP contribution in [0.3, 0.4) is 0 Å². The van der Waals surface area contributed by atoms with Gasteiger partial charge in [-0.3, -0.25) is 0 Å². The fourth-order valence-electron chi connectivity index (χ4n) is 2.95. The molecule has 3 rings (SSSR count). The fraction of sp³-hybridized carbons (Fsp3) is 0.136. The van der Waals surface area contributed by atoms with Crippen LogP contribution in [0, 0.1) is 13.8 Å². The van der Waals surface area contributed by atoms with E-state index in [1.165, 1.54) is 11.1 Å². The highest BCUT2D eigenvalue weighted by Gasteiger charge is 2.09. The molecular formula is C22H21ClN2S. The molecule has 0 amide bonds. The molecule has 0 aliphatic rings. The summed E-state index contributed by atoms with van der Waals surface area (Å²) < 4.78 is 0. The number of thiocarbonyl (C=S) groups is 1. The highest BCUT2D eigenvalue weighted by molar-refractivity contribution is 7.80. The van der Waals surface area contributed by atoms with E-state index in [1.54, 1.807) is 0 Å². The Hall–Kier alpha value is -2.36. The second-order valence-corrected chi connectivity index (χ2v) is 7.15. The third kappa shape index (κ3) is 4.63. The molecule has 0 spiro atoms. The summed E-state index contributed by atoms with van der Waals surface area (Å²) in [5, 5.41) is 7.74. The van der Waals surface area contributed by atoms with Gasteiger partial charge in [0.1, 0.15) is 0 Å². The SMILES string of the molecule is Cc1cc(C)c(NC(=S)Nc2ccccc2Cc2ccccc2)c(Cl)c1. The van der Waals surface area contributed by atoms with E-state index in [1.807, 2.05) is 44.2 Å². The van der Waals surface area contributed by atoms with E-state index in [0.717, 1.165) is 28.9 Å². The van der Waals surface area contributed by atoms with Gasteiger partial charge in [-0.15, -0.1) is 0 Å². The summed E-state index contributed by atoms with van der Waals surface area (Å²) in [6.07, 6.45) is 0.844. The lowest BCUT2D eigenvalue weighted by Gasteiger charge is -2.17. The first-order valence-corrected chi connectivity index (χ1v) is 9.28. The predicted molar refractivity (Wildman–Crippen MR) is 116 cm³/mol. The van der Waals surface area contributed by atoms with Gasteiger partial charge in [0.2, 0.25) is 0 Å². The minimum absolute atomic E-state index is 0.527. The van der Waals surface area contributed by atoms with Crippen molar-refractivity contribution in [2.45, 2.75) is 20.3 Å². The molecule has 3 aromatic rings. The van der Waals surface area contributed by atoms with Crippen molar-refractivity contribution in [1.82, 2.24) is 0 Å². The Balaban J connectivity index is 1.76. The lowest BCUT2D eigenvalue weighted by atomic mass is 10.0. The van der Waals surface area contributed by atoms with E-state index in [2.05, 4.69) is 47.0 Å². The fourth-order valence-corrected chi connectivity index (χ4v) is 3.53. The van der Waals surface area contributed by atoms with Crippen LogP contribution in [0.5, 0.6) is 0 Å². The van der Waals surface area contributed by atoms with Crippen LogP contribution in [0.25, 0.3) is 0 Å². The molecular weight excluding hydrogens is 360 g/mol. The maximum absolute atomic E-state index is 6.37. The third-order valence-corrected chi connectivity index (χ3v) is 4.68. The van der Waals surface area contributed by atoms with Gasteiger partial charge in [-0.05, 0) is 66.9 Å². The number of hydrogen-bond donors (Lipinski definition) is 2. The van der Waals surface area contributed by atoms with E-state index in [4.69, 9.17) is 23.8 Å². The molecule has 0 saturated carbocycles. The first kappa shape index (κ1) is 18.4. The van der Waals surface area contributed by atoms with Crippen LogP contribution in [-0.2, 0) is 6.42 Å². The molecule has 0 fully saturated rings. The Labute approximate surface area is 165 Å². The Morgan fingerprint density at radius 1 is 0.923 bits per heavy atom. The number of benzene rings is 3. The normalized spacial score (nSPS) is 10.4. The molecule has 3 aromatic carbocycles. The Morgan fingerprint density at radius 2 is 1.62 bits per heavy atom. The molecule has 0 aromatic heterocycles. The third-order valence-electron chi connectivity index (χ3n) is 4.17. The highest BCUT2D eigenvalue weighted by Crippen LogP contribution is 2.28. The molecule has 2 nitrogen and oxygen atoms in total. The van der Waals surface area contributed by atoms with Crippen molar-refractivity contribution in [3.8, 4) is 0 Å². The zero-order valence-corrected chi connectivity index (χ0v) is 16.4. The molecule has 0 radical (unpaired) electrons. The van der Waals surface area contributed by atoms with Crippen molar-refractivity contribution >= 4 is 40.3 Å². The standard InChI is InChI=1S/C22H21ClN2S/c1-15-12-16(2)21(19(23)13-15)25-22(26)24-20-11-7-6-10-18(20)14-17-8-4-3-5-9-17/h3-13H,14H2,1-2H3,(H2,24,25,26). The van der Waals surface area contributed by atoms with Crippen LogP contribution in [0.2, 0.25) is 5.02 Å². The molecule has 0 heterocycles. The minimum Gasteiger partial charge on any atom is -0.332 e. The summed E-state index contributed by atoms with van der Waals surface area (Å²) >= 11 is 11.9. The Kier molecular flexibility index (Phi) is 5.92. The number of nitrogens with one attached hydrogen (secondary N) is 2. The van der Waals surface area contributed by atoms with Gasteiger partial charge in [0.15, 0.2) is 5.11 Å². The van der Waals surface area contributed by atoms with Crippen LogP contribution >= 0.6 is 23.8 Å². The molecule has 132 valence electrons. The van der Waals surface area contributed by atoms with Crippen molar-refractivity contribution in [1.29, 1.82) is 0 Å². The minimum atomic E-state index is 0.527. The number of rotatable bonds is 4. The molecule has 0 bridgehead atoms. The molecule has 26 heavy (non-hydrogen) atoms. The first-order valence-electron chi connectivity index (χ1n) is 8.49. The van der Waals surface area contributed by atoms with Gasteiger partial charge < -0.3 is 10.6 Å². The van der Waals surface area contributed by atoms with Gasteiger partial charge in [-0.25, -0.2) is 0 Å². The van der Waals surface area contributed by atoms with Gasteiger partial charge >= 0.3 is 0 Å². The Bertz CT molecular complexity index is 899. The zero-order valence-electron chi connectivity index (χ0n) is 14.8. The first-order chi connectivity index (χ1) is 12.5. The largest absolute Gasteiger partial charge is 0.332 e. The zero-order chi connectivity index (χ0) is 18.5. The van der Waals surface area contributed by atoms with Gasteiger partial charge in [0.25, 0.3) is 0 Å². The van der Waals surface area contributed by atoms with Crippen LogP contribution in [0.4, 0.5) is 11.4 Å². The summed E-state index contributed by atoms with van der Waals surface area (Å²) in [6, 6.07) is 22.6. The van der Waals surface area contributed by atoms with E-state index < -0.39 is 0 Å². The summed E-state index contributed by atoms with van der Waals surface area (Å²) in [5.41, 5.74) is 6.49. The summed E-state index contributed by atoms with van der Waals surface area (Å²) in [5.74, 6) is 0. The van der Waals surface area contributed by atoms with E-state index in [0.29, 0.717) is 10.1 Å². The molecule has 0 unspecified atom stereocenters. The number of aryl methyl sites for hydroxylation is 2. The summed E-state index contributed by atoms with van der Waals surface area (Å²) in [6.45, 7) is 4.05. The van der Waals surface area contributed by atoms with E-state index in [9.17, 15) is 0 Å². The number of hydrogen-bond acceptors (Lipinski definition) is 1. The molecule has 0 aliphatic heterocycles. The molecule has 0 atom stereocenters. The number of anilines is 2. The van der Waals surface area contributed by atoms with Crippen LogP contribution in [0.15, 0.2) is 66.7 Å². The van der Waals surface area contributed by atoms with Gasteiger partial charge in [-0.2, -0.15) is 0 Å². The molecule has 2 N–H and O–H groups in total. The highest BCUT2D eigenvalue weighted by atomic mass is 35.5. The lowest BCUT2D eigenvalue weighted by Crippen LogP contribution is -2.20. The van der Waals surface area contributed by atoms with Crippen molar-refractivity contribution in [3.05, 3.63) is 94.0 Å². The van der Waals surface area contributed by atoms with Crippen molar-refractivity contribution in [2.24, 2.45) is 0 Å². The van der Waals surface area contributed by atoms with Crippen LogP contribution in [-0.4, -0.2) is 5.11 Å². The predicted octanol–water partition coefficient (Wildman–Crippen LogP) is 6.36. The maximum Gasteiger partial charge on any atom is 0.175 e. The molecule has 0 saturated heterocycles. The molecule has 0 aliphatic carbocycles. The smallest absolute Gasteiger partial charge is 0.175 e. The summed E-state index contributed by atoms with van der Waals surface area (Å²) in [7, 11) is 0. The molecule has 4 heteroatoms. The lowest BCUT2D eigenvalue weighted by molar-refractivity contribution is 1.19. The monoisotopic (exact) mass is 380 g/mol. The number of para-hydroxylation sites is 1. The summed E-state index contributed by atoms with van der Waals surface area (Å²) in [4.78, 5) is 0. The van der Waals surface area contributed by atoms with E-state index >= 15 is 0 Å². The quantitative estimate of drug-likeness (QED) is 0.515. The van der Waals surface area contributed by atoms with Crippen LogP contribution in [0.1, 0.15) is 22.3 Å². The topological polar surface area (TPSA) is 24.1 Å². The Morgan fingerprint density at radius 3 is 2.35 bits per heavy atom. The average molecular weight is 381 g/mol. The second kappa shape index (κ2) is 8.35. The van der Waals surface area contributed by atoms with Crippen LogP contribution < -0.4 is 10.6 Å². The van der Waals surface area contributed by atoms with Crippen molar-refractivity contribution in [2.75, 3.05) is 10.6 Å². The second-order valence-electron chi connectivity index (χ2n) is 6.34. The number of halogens is 1. The van der Waals surface area contributed by atoms with Crippen molar-refractivity contribution < 1.29 is 0 Å². The maximum atomic E-state index is 6.37. The van der Waals surface area contributed by atoms with Gasteiger partial charge in [-0.1, -0.05) is 66.2 Å². The van der Waals surface area contributed by atoms with Gasteiger partial charge in [0, 0.05) is 5.69 Å².